The highest BCUT2D eigenvalue weighted by Gasteiger charge is 2.06. The summed E-state index contributed by atoms with van der Waals surface area (Å²) in [5.41, 5.74) is 0.253. The third kappa shape index (κ3) is 14.9. The number of unbranched alkanes of at least 4 members (excludes halogenated alkanes) is 5. The molecule has 0 fully saturated rings. The number of rotatable bonds is 15. The van der Waals surface area contributed by atoms with Gasteiger partial charge in [-0.2, -0.15) is 0 Å². The minimum atomic E-state index is -0.303. The second kappa shape index (κ2) is 17.4. The van der Waals surface area contributed by atoms with Crippen LogP contribution in [0, 0.1) is 10.1 Å². The highest BCUT2D eigenvalue weighted by Crippen LogP contribution is 2.07. The van der Waals surface area contributed by atoms with Gasteiger partial charge in [0.2, 0.25) is 5.70 Å². The number of hydrogen-bond acceptors (Lipinski definition) is 3. The minimum Gasteiger partial charge on any atom is -0.291 e. The molecule has 0 aliphatic heterocycles. The zero-order valence-electron chi connectivity index (χ0n) is 14.8. The largest absolute Gasteiger partial charge is 0.291 e. The van der Waals surface area contributed by atoms with E-state index in [1.54, 1.807) is 6.08 Å². The number of carbonyl (C=O) groups excluding carboxylic acids is 1. The van der Waals surface area contributed by atoms with Gasteiger partial charge in [0.05, 0.1) is 11.3 Å². The zero-order valence-corrected chi connectivity index (χ0v) is 14.8. The third-order valence-electron chi connectivity index (χ3n) is 3.46. The van der Waals surface area contributed by atoms with Gasteiger partial charge in [-0.3, -0.25) is 14.9 Å². The Balaban J connectivity index is 3.84. The smallest absolute Gasteiger partial charge is 0.246 e. The molecule has 0 bridgehead atoms. The van der Waals surface area contributed by atoms with Crippen molar-refractivity contribution in [3.63, 3.8) is 0 Å². The maximum atomic E-state index is 10.9. The van der Waals surface area contributed by atoms with Crippen LogP contribution in [0.3, 0.4) is 0 Å². The summed E-state index contributed by atoms with van der Waals surface area (Å²) in [6, 6.07) is 0. The maximum Gasteiger partial charge on any atom is 0.246 e. The Morgan fingerprint density at radius 3 is 2.38 bits per heavy atom. The molecule has 4 heteroatoms. The highest BCUT2D eigenvalue weighted by atomic mass is 16.6. The highest BCUT2D eigenvalue weighted by molar-refractivity contribution is 5.50. The van der Waals surface area contributed by atoms with Crippen molar-refractivity contribution in [3.8, 4) is 0 Å². The Hall–Kier alpha value is -1.97. The molecule has 133 valence electrons. The van der Waals surface area contributed by atoms with Crippen LogP contribution in [0.1, 0.15) is 71.1 Å². The molecule has 0 unspecified atom stereocenters. The molecule has 0 aromatic rings. The molecule has 0 saturated carbocycles. The summed E-state index contributed by atoms with van der Waals surface area (Å²) in [7, 11) is 0. The van der Waals surface area contributed by atoms with E-state index in [0.717, 1.165) is 44.9 Å². The van der Waals surface area contributed by atoms with Gasteiger partial charge in [-0.05, 0) is 44.6 Å². The van der Waals surface area contributed by atoms with E-state index in [1.165, 1.54) is 0 Å². The average molecular weight is 332 g/mol. The molecule has 0 aliphatic rings. The van der Waals surface area contributed by atoms with Gasteiger partial charge in [-0.25, -0.2) is 0 Å². The fourth-order valence-electron chi connectivity index (χ4n) is 2.11. The third-order valence-corrected chi connectivity index (χ3v) is 3.46. The molecule has 4 nitrogen and oxygen atoms in total. The fourth-order valence-corrected chi connectivity index (χ4v) is 2.11. The van der Waals surface area contributed by atoms with E-state index >= 15 is 0 Å². The van der Waals surface area contributed by atoms with E-state index in [2.05, 4.69) is 12.2 Å². The Bertz CT molecular complexity index is 448. The first-order valence-corrected chi connectivity index (χ1v) is 8.85. The van der Waals surface area contributed by atoms with Gasteiger partial charge >= 0.3 is 0 Å². The Morgan fingerprint density at radius 2 is 1.67 bits per heavy atom. The van der Waals surface area contributed by atoms with Crippen LogP contribution in [-0.2, 0) is 4.79 Å². The quantitative estimate of drug-likeness (QED) is 0.164. The molecule has 0 rings (SSSR count). The summed E-state index contributed by atoms with van der Waals surface area (Å²) < 4.78 is 0. The lowest BCUT2D eigenvalue weighted by Crippen LogP contribution is -1.97. The average Bonchev–Trinajstić information content (AvgIpc) is 2.57. The van der Waals surface area contributed by atoms with Gasteiger partial charge in [-0.1, -0.05) is 56.2 Å². The van der Waals surface area contributed by atoms with E-state index in [1.807, 2.05) is 37.5 Å². The van der Waals surface area contributed by atoms with Gasteiger partial charge < -0.3 is 0 Å². The van der Waals surface area contributed by atoms with Crippen LogP contribution in [0.5, 0.6) is 0 Å². The standard InChI is InChI=1S/C20H30NO3/c1-2-3-4-14-17-20(21(23)24)18-15-12-10-8-6-5-7-9-11-13-16-19-22/h3-4,6,8,12,15,17H,2,5,7,9-11,13-14,16,18H2,1H3/b4-3+,8-6+,15-12+,20-17-. The van der Waals surface area contributed by atoms with Gasteiger partial charge in [0, 0.05) is 6.42 Å². The fraction of sp³-hybridized carbons (Fsp3) is 0.550. The van der Waals surface area contributed by atoms with E-state index in [0.29, 0.717) is 19.3 Å². The van der Waals surface area contributed by atoms with Crippen molar-refractivity contribution in [1.82, 2.24) is 0 Å². The summed E-state index contributed by atoms with van der Waals surface area (Å²) in [6.45, 7) is 2.04. The van der Waals surface area contributed by atoms with Crippen LogP contribution in [0.25, 0.3) is 0 Å². The molecular weight excluding hydrogens is 302 g/mol. The minimum absolute atomic E-state index is 0.253. The Morgan fingerprint density at radius 1 is 0.958 bits per heavy atom. The molecule has 0 aliphatic carbocycles. The monoisotopic (exact) mass is 332 g/mol. The predicted octanol–water partition coefficient (Wildman–Crippen LogP) is 5.85. The number of nitro groups is 1. The second-order valence-corrected chi connectivity index (χ2v) is 5.55. The van der Waals surface area contributed by atoms with Crippen molar-refractivity contribution < 1.29 is 9.72 Å². The molecule has 0 atom stereocenters. The topological polar surface area (TPSA) is 60.2 Å². The molecule has 0 N–H and O–H groups in total. The Kier molecular flexibility index (Phi) is 16.0. The van der Waals surface area contributed by atoms with Gasteiger partial charge in [-0.15, -0.1) is 0 Å². The van der Waals surface area contributed by atoms with Crippen molar-refractivity contribution in [3.05, 3.63) is 58.3 Å². The van der Waals surface area contributed by atoms with Gasteiger partial charge in [0.25, 0.3) is 0 Å². The second-order valence-electron chi connectivity index (χ2n) is 5.55. The van der Waals surface area contributed by atoms with Gasteiger partial charge in [0.1, 0.15) is 0 Å². The number of hydrogen-bond donors (Lipinski definition) is 0. The van der Waals surface area contributed by atoms with Crippen LogP contribution >= 0.6 is 0 Å². The Labute approximate surface area is 146 Å². The predicted molar refractivity (Wildman–Crippen MR) is 100 cm³/mol. The normalized spacial score (nSPS) is 12.6. The summed E-state index contributed by atoms with van der Waals surface area (Å²) >= 11 is 0. The van der Waals surface area contributed by atoms with Crippen molar-refractivity contribution in [2.45, 2.75) is 71.1 Å². The van der Waals surface area contributed by atoms with Crippen molar-refractivity contribution >= 4 is 6.29 Å². The van der Waals surface area contributed by atoms with Crippen molar-refractivity contribution in [2.75, 3.05) is 0 Å². The van der Waals surface area contributed by atoms with E-state index < -0.39 is 0 Å². The van der Waals surface area contributed by atoms with E-state index in [-0.39, 0.29) is 10.6 Å². The van der Waals surface area contributed by atoms with Crippen LogP contribution in [0.15, 0.2) is 48.2 Å². The summed E-state index contributed by atoms with van der Waals surface area (Å²) in [5, 5.41) is 10.9. The maximum absolute atomic E-state index is 10.9. The first-order valence-electron chi connectivity index (χ1n) is 8.85. The van der Waals surface area contributed by atoms with Crippen LogP contribution in [-0.4, -0.2) is 11.2 Å². The SMILES string of the molecule is CC/C=C/C/C=C(/C/C=C/C/C=C/CCCCCC[C]=O)[N+](=O)[O-]. The van der Waals surface area contributed by atoms with Crippen molar-refractivity contribution in [1.29, 1.82) is 0 Å². The zero-order chi connectivity index (χ0) is 17.9. The number of nitrogens with zero attached hydrogens (tertiary/aromatic N) is 1. The first kappa shape index (κ1) is 22.0. The van der Waals surface area contributed by atoms with Crippen LogP contribution in [0.4, 0.5) is 0 Å². The van der Waals surface area contributed by atoms with E-state index in [9.17, 15) is 14.9 Å². The molecule has 0 aromatic heterocycles. The lowest BCUT2D eigenvalue weighted by atomic mass is 10.1. The lowest BCUT2D eigenvalue weighted by molar-refractivity contribution is -0.427. The molecule has 0 spiro atoms. The summed E-state index contributed by atoms with van der Waals surface area (Å²) in [4.78, 5) is 20.7. The summed E-state index contributed by atoms with van der Waals surface area (Å²) in [6.07, 6.45) is 24.3. The molecule has 0 heterocycles. The van der Waals surface area contributed by atoms with Gasteiger partial charge in [0.15, 0.2) is 6.29 Å². The van der Waals surface area contributed by atoms with E-state index in [4.69, 9.17) is 0 Å². The van der Waals surface area contributed by atoms with Crippen LogP contribution in [0.2, 0.25) is 0 Å². The molecular formula is C20H30NO3. The molecule has 24 heavy (non-hydrogen) atoms. The van der Waals surface area contributed by atoms with Crippen LogP contribution < -0.4 is 0 Å². The number of allylic oxidation sites excluding steroid dienone is 7. The molecule has 0 aromatic carbocycles. The summed E-state index contributed by atoms with van der Waals surface area (Å²) in [5.74, 6) is 0. The molecule has 1 radical (unpaired) electrons. The first-order chi connectivity index (χ1) is 11.7. The molecule has 0 saturated heterocycles. The lowest BCUT2D eigenvalue weighted by Gasteiger charge is -1.95. The molecule has 0 amide bonds. The van der Waals surface area contributed by atoms with Crippen molar-refractivity contribution in [2.24, 2.45) is 0 Å².